The van der Waals surface area contributed by atoms with E-state index < -0.39 is 49.8 Å². The van der Waals surface area contributed by atoms with Crippen molar-refractivity contribution in [3.05, 3.63) is 68.4 Å². The summed E-state index contributed by atoms with van der Waals surface area (Å²) in [5.74, 6) is 0.137. The Morgan fingerprint density at radius 2 is 1.94 bits per heavy atom. The van der Waals surface area contributed by atoms with Crippen LogP contribution in [-0.2, 0) is 20.8 Å². The summed E-state index contributed by atoms with van der Waals surface area (Å²) < 4.78 is 32.2. The summed E-state index contributed by atoms with van der Waals surface area (Å²) in [5.41, 5.74) is -0.359. The first-order chi connectivity index (χ1) is 15.1. The van der Waals surface area contributed by atoms with Crippen molar-refractivity contribution < 1.29 is 27.6 Å². The van der Waals surface area contributed by atoms with Gasteiger partial charge >= 0.3 is 15.9 Å². The van der Waals surface area contributed by atoms with E-state index in [1.165, 1.54) is 22.9 Å². The van der Waals surface area contributed by atoms with Crippen LogP contribution in [-0.4, -0.2) is 61.1 Å². The Morgan fingerprint density at radius 1 is 1.22 bits per heavy atom. The minimum absolute atomic E-state index is 0.0321. The molecular weight excluding hydrogens is 450 g/mol. The van der Waals surface area contributed by atoms with E-state index in [0.717, 1.165) is 23.0 Å². The summed E-state index contributed by atoms with van der Waals surface area (Å²) in [6, 6.07) is 3.70. The molecule has 1 unspecified atom stereocenters. The Bertz CT molecular complexity index is 1250. The van der Waals surface area contributed by atoms with E-state index in [0.29, 0.717) is 5.82 Å². The lowest BCUT2D eigenvalue weighted by Crippen LogP contribution is -2.22. The van der Waals surface area contributed by atoms with Gasteiger partial charge in [0.2, 0.25) is 0 Å². The third-order valence-corrected chi connectivity index (χ3v) is 5.76. The Kier molecular flexibility index (Phi) is 6.56. The third kappa shape index (κ3) is 4.76. The lowest BCUT2D eigenvalue weighted by molar-refractivity contribution is -0.392. The fourth-order valence-corrected chi connectivity index (χ4v) is 3.89. The van der Waals surface area contributed by atoms with Crippen molar-refractivity contribution in [2.75, 3.05) is 13.2 Å². The third-order valence-electron chi connectivity index (χ3n) is 4.43. The van der Waals surface area contributed by atoms with E-state index in [4.69, 9.17) is 4.18 Å². The second-order valence-corrected chi connectivity index (χ2v) is 8.08. The molecule has 2 aromatic heterocycles. The van der Waals surface area contributed by atoms with Crippen molar-refractivity contribution in [1.82, 2.24) is 24.5 Å². The molecule has 1 N–H and O–H groups in total. The number of nitro groups is 2. The van der Waals surface area contributed by atoms with Crippen LogP contribution in [0.2, 0.25) is 0 Å². The molecule has 0 fully saturated rings. The predicted molar refractivity (Wildman–Crippen MR) is 105 cm³/mol. The fraction of sp³-hybridized carbons (Fsp3) is 0.312. The highest BCUT2D eigenvalue weighted by Crippen LogP contribution is 2.25. The van der Waals surface area contributed by atoms with Gasteiger partial charge in [-0.1, -0.05) is 17.3 Å². The van der Waals surface area contributed by atoms with Gasteiger partial charge in [-0.25, -0.2) is 14.2 Å². The van der Waals surface area contributed by atoms with Gasteiger partial charge < -0.3 is 15.2 Å². The average Bonchev–Trinajstić information content (AvgIpc) is 3.36. The summed E-state index contributed by atoms with van der Waals surface area (Å²) in [6.45, 7) is 0.377. The molecule has 0 aliphatic heterocycles. The van der Waals surface area contributed by atoms with Crippen molar-refractivity contribution in [2.45, 2.75) is 24.4 Å². The van der Waals surface area contributed by atoms with Crippen LogP contribution in [0.1, 0.15) is 17.6 Å². The normalized spacial score (nSPS) is 12.6. The van der Waals surface area contributed by atoms with Gasteiger partial charge in [-0.2, -0.15) is 8.42 Å². The van der Waals surface area contributed by atoms with Crippen LogP contribution in [0, 0.1) is 27.2 Å². The first-order valence-electron chi connectivity index (χ1n) is 8.95. The van der Waals surface area contributed by atoms with Gasteiger partial charge in [-0.05, 0) is 11.0 Å². The molecule has 15 nitrogen and oxygen atoms in total. The Morgan fingerprint density at radius 3 is 2.59 bits per heavy atom. The molecule has 0 saturated carbocycles. The minimum atomic E-state index is -4.51. The monoisotopic (exact) mass is 467 g/mol. The Labute approximate surface area is 180 Å². The molecule has 0 bridgehead atoms. The van der Waals surface area contributed by atoms with Crippen LogP contribution in [0.15, 0.2) is 41.6 Å². The second kappa shape index (κ2) is 9.16. The molecule has 3 rings (SSSR count). The number of nitrogens with zero attached hydrogens (tertiary/aromatic N) is 7. The number of aliphatic hydroxyl groups excluding tert-OH is 1. The number of benzene rings is 1. The van der Waals surface area contributed by atoms with Gasteiger partial charge in [-0.15, -0.1) is 5.10 Å². The van der Waals surface area contributed by atoms with Crippen LogP contribution in [0.5, 0.6) is 0 Å². The molecular formula is C16H17N7O8S. The molecule has 170 valence electrons. The van der Waals surface area contributed by atoms with Crippen LogP contribution in [0.25, 0.3) is 0 Å². The number of nitro benzene ring substituents is 1. The van der Waals surface area contributed by atoms with E-state index >= 15 is 0 Å². The molecule has 16 heteroatoms. The van der Waals surface area contributed by atoms with Crippen molar-refractivity contribution >= 4 is 21.6 Å². The average molecular weight is 467 g/mol. The fourth-order valence-electron chi connectivity index (χ4n) is 2.79. The molecule has 0 spiro atoms. The van der Waals surface area contributed by atoms with E-state index in [1.54, 1.807) is 6.92 Å². The number of hydrogen-bond donors (Lipinski definition) is 1. The van der Waals surface area contributed by atoms with Crippen molar-refractivity contribution in [3.8, 4) is 0 Å². The summed E-state index contributed by atoms with van der Waals surface area (Å²) >= 11 is 0. The molecule has 0 radical (unpaired) electrons. The minimum Gasteiger partial charge on any atom is -0.394 e. The molecule has 0 saturated heterocycles. The summed E-state index contributed by atoms with van der Waals surface area (Å²) in [4.78, 5) is 24.0. The molecule has 0 aliphatic carbocycles. The molecule has 1 aromatic carbocycles. The highest BCUT2D eigenvalue weighted by Gasteiger charge is 2.28. The van der Waals surface area contributed by atoms with Crippen LogP contribution in [0.3, 0.4) is 0 Å². The second-order valence-electron chi connectivity index (χ2n) is 6.50. The summed E-state index contributed by atoms with van der Waals surface area (Å²) in [6.07, 6.45) is 2.47. The van der Waals surface area contributed by atoms with Crippen molar-refractivity contribution in [1.29, 1.82) is 0 Å². The number of aromatic nitrogens is 5. The van der Waals surface area contributed by atoms with Gasteiger partial charge in [-0.3, -0.25) is 14.3 Å². The van der Waals surface area contributed by atoms with Gasteiger partial charge in [0.05, 0.1) is 24.3 Å². The highest BCUT2D eigenvalue weighted by atomic mass is 32.2. The molecule has 0 aliphatic rings. The maximum atomic E-state index is 12.4. The summed E-state index contributed by atoms with van der Waals surface area (Å²) in [5, 5.41) is 39.5. The maximum Gasteiger partial charge on any atom is 0.343 e. The van der Waals surface area contributed by atoms with Gasteiger partial charge in [0.25, 0.3) is 5.69 Å². The first-order valence-corrected chi connectivity index (χ1v) is 10.4. The number of aryl methyl sites for hydroxylation is 1. The number of aliphatic hydroxyl groups is 1. The standard InChI is InChI=1S/C16H17N7O8S/c1-11-17-6-16(23(27)28)20(11)7-12-8-21(19-18-12)13(9-24)10-31-32(29,30)15-5-3-2-4-14(15)22(25)26/h2-6,8,13,24H,7,9-10H2,1H3. The molecule has 3 aromatic rings. The van der Waals surface area contributed by atoms with Crippen LogP contribution >= 0.6 is 0 Å². The Hall–Kier alpha value is -3.76. The van der Waals surface area contributed by atoms with Gasteiger partial charge in [0, 0.05) is 13.0 Å². The van der Waals surface area contributed by atoms with Crippen LogP contribution in [0.4, 0.5) is 11.5 Å². The van der Waals surface area contributed by atoms with Gasteiger partial charge in [0.15, 0.2) is 10.7 Å². The lowest BCUT2D eigenvalue weighted by Gasteiger charge is -2.14. The van der Waals surface area contributed by atoms with E-state index in [2.05, 4.69) is 15.3 Å². The maximum absolute atomic E-state index is 12.4. The predicted octanol–water partition coefficient (Wildman–Crippen LogP) is 0.587. The SMILES string of the molecule is Cc1ncc([N+](=O)[O-])n1Cc1cn(C(CO)COS(=O)(=O)c2ccccc2[N+](=O)[O-])nn1. The smallest absolute Gasteiger partial charge is 0.343 e. The molecule has 32 heavy (non-hydrogen) atoms. The zero-order valence-corrected chi connectivity index (χ0v) is 17.3. The van der Waals surface area contributed by atoms with E-state index in [9.17, 15) is 33.8 Å². The number of rotatable bonds is 10. The summed E-state index contributed by atoms with van der Waals surface area (Å²) in [7, 11) is -4.51. The molecule has 0 amide bonds. The van der Waals surface area contributed by atoms with Crippen molar-refractivity contribution in [2.24, 2.45) is 0 Å². The number of imidazole rings is 1. The van der Waals surface area contributed by atoms with Gasteiger partial charge in [0.1, 0.15) is 24.5 Å². The van der Waals surface area contributed by atoms with Crippen LogP contribution < -0.4 is 0 Å². The molecule has 2 heterocycles. The lowest BCUT2D eigenvalue weighted by atomic mass is 10.3. The zero-order chi connectivity index (χ0) is 23.5. The number of hydrogen-bond acceptors (Lipinski definition) is 11. The van der Waals surface area contributed by atoms with E-state index in [-0.39, 0.29) is 18.1 Å². The first kappa shape index (κ1) is 22.9. The topological polar surface area (TPSA) is 198 Å². The Balaban J connectivity index is 1.75. The van der Waals surface area contributed by atoms with Crippen molar-refractivity contribution in [3.63, 3.8) is 0 Å². The molecule has 1 atom stereocenters. The van der Waals surface area contributed by atoms with E-state index in [1.807, 2.05) is 0 Å². The quantitative estimate of drug-likeness (QED) is 0.248. The number of para-hydroxylation sites is 1. The zero-order valence-electron chi connectivity index (χ0n) is 16.5. The highest BCUT2D eigenvalue weighted by molar-refractivity contribution is 7.87. The largest absolute Gasteiger partial charge is 0.394 e.